The molecule has 0 amide bonds. The average Bonchev–Trinajstić information content (AvgIpc) is 2.42. The van der Waals surface area contributed by atoms with Crippen molar-refractivity contribution in [1.82, 2.24) is 0 Å². The van der Waals surface area contributed by atoms with Gasteiger partial charge in [-0.1, -0.05) is 13.8 Å². The number of ether oxygens (including phenoxy) is 2. The molecule has 22 heavy (non-hydrogen) atoms. The monoisotopic (exact) mass is 338 g/mol. The van der Waals surface area contributed by atoms with Gasteiger partial charge in [-0.15, -0.1) is 0 Å². The Morgan fingerprint density at radius 3 is 1.91 bits per heavy atom. The maximum atomic E-state index is 12.3. The van der Waals surface area contributed by atoms with Gasteiger partial charge in [0, 0.05) is 6.42 Å². The first-order valence-electron chi connectivity index (χ1n) is 7.57. The molecule has 0 heterocycles. The molecule has 0 rings (SSSR count). The van der Waals surface area contributed by atoms with Crippen molar-refractivity contribution in [3.63, 3.8) is 0 Å². The maximum Gasteiger partial charge on any atom is 0.329 e. The first-order chi connectivity index (χ1) is 10.2. The van der Waals surface area contributed by atoms with Gasteiger partial charge in [-0.25, -0.2) is 0 Å². The fraction of sp³-hybridized carbons (Fsp3) is 0.857. The van der Waals surface area contributed by atoms with E-state index in [0.29, 0.717) is 0 Å². The first-order valence-corrected chi connectivity index (χ1v) is 9.25. The van der Waals surface area contributed by atoms with Gasteiger partial charge in [0.05, 0.1) is 24.3 Å². The van der Waals surface area contributed by atoms with E-state index in [2.05, 4.69) is 0 Å². The zero-order chi connectivity index (χ0) is 17.4. The van der Waals surface area contributed by atoms with Crippen LogP contribution in [0.2, 0.25) is 0 Å². The third-order valence-electron chi connectivity index (χ3n) is 3.91. The third kappa shape index (κ3) is 5.38. The molecule has 0 saturated carbocycles. The third-order valence-corrected chi connectivity index (χ3v) is 5.48. The molecular weight excluding hydrogens is 311 g/mol. The van der Waals surface area contributed by atoms with E-state index in [-0.39, 0.29) is 38.9 Å². The van der Waals surface area contributed by atoms with Crippen LogP contribution in [-0.2, 0) is 23.6 Å². The van der Waals surface area contributed by atoms with E-state index < -0.39 is 30.6 Å². The molecule has 0 aliphatic heterocycles. The number of rotatable bonds is 10. The lowest BCUT2D eigenvalue weighted by molar-refractivity contribution is -0.157. The number of carbonyl (C=O) groups excluding carboxylic acids is 2. The Labute approximate surface area is 131 Å². The van der Waals surface area contributed by atoms with Crippen molar-refractivity contribution in [3.8, 4) is 0 Å². The van der Waals surface area contributed by atoms with Gasteiger partial charge in [0.1, 0.15) is 0 Å². The van der Waals surface area contributed by atoms with E-state index in [4.69, 9.17) is 9.47 Å². The fourth-order valence-corrected chi connectivity index (χ4v) is 4.25. The Balaban J connectivity index is 5.47. The van der Waals surface area contributed by atoms with Crippen LogP contribution < -0.4 is 0 Å². The molecule has 0 aliphatic carbocycles. The zero-order valence-electron chi connectivity index (χ0n) is 13.7. The van der Waals surface area contributed by atoms with E-state index >= 15 is 0 Å². The van der Waals surface area contributed by atoms with Crippen LogP contribution in [0.3, 0.4) is 0 Å². The van der Waals surface area contributed by atoms with Crippen LogP contribution in [0.25, 0.3) is 0 Å². The lowest BCUT2D eigenvalue weighted by Crippen LogP contribution is -2.43. The normalized spacial score (nSPS) is 13.5. The molecule has 0 bridgehead atoms. The summed E-state index contributed by atoms with van der Waals surface area (Å²) in [7, 11) is -4.59. The highest BCUT2D eigenvalue weighted by Crippen LogP contribution is 2.55. The number of esters is 2. The highest BCUT2D eigenvalue weighted by Gasteiger charge is 2.51. The van der Waals surface area contributed by atoms with Crippen LogP contribution in [0.5, 0.6) is 0 Å². The molecule has 0 aromatic heterocycles. The Hall–Kier alpha value is -0.910. The SMILES string of the molecule is CCOC(=O)CCC(C(CC)(CC)C(=O)OCC)P(=O)(O)O. The molecule has 130 valence electrons. The number of hydrogen-bond acceptors (Lipinski definition) is 5. The Bertz CT molecular complexity index is 411. The van der Waals surface area contributed by atoms with Gasteiger partial charge in [-0.05, 0) is 33.1 Å². The second-order valence-corrected chi connectivity index (χ2v) is 6.83. The molecule has 0 aromatic rings. The maximum absolute atomic E-state index is 12.3. The molecular formula is C14H27O7P. The summed E-state index contributed by atoms with van der Waals surface area (Å²) in [6.45, 7) is 7.00. The van der Waals surface area contributed by atoms with E-state index in [1.807, 2.05) is 0 Å². The van der Waals surface area contributed by atoms with Crippen molar-refractivity contribution in [1.29, 1.82) is 0 Å². The topological polar surface area (TPSA) is 110 Å². The Morgan fingerprint density at radius 2 is 1.55 bits per heavy atom. The van der Waals surface area contributed by atoms with Crippen molar-refractivity contribution in [3.05, 3.63) is 0 Å². The van der Waals surface area contributed by atoms with Gasteiger partial charge in [0.25, 0.3) is 0 Å². The van der Waals surface area contributed by atoms with Crippen LogP contribution in [0.15, 0.2) is 0 Å². The molecule has 1 atom stereocenters. The van der Waals surface area contributed by atoms with Crippen molar-refractivity contribution in [2.45, 2.75) is 59.0 Å². The molecule has 2 N–H and O–H groups in total. The minimum atomic E-state index is -4.59. The van der Waals surface area contributed by atoms with Gasteiger partial charge in [0.2, 0.25) is 0 Å². The molecule has 7 nitrogen and oxygen atoms in total. The van der Waals surface area contributed by atoms with Crippen LogP contribution in [-0.4, -0.2) is 40.6 Å². The highest BCUT2D eigenvalue weighted by molar-refractivity contribution is 7.52. The van der Waals surface area contributed by atoms with E-state index in [0.717, 1.165) is 0 Å². The summed E-state index contributed by atoms with van der Waals surface area (Å²) in [6.07, 6.45) is 0.177. The molecule has 0 fully saturated rings. The second kappa shape index (κ2) is 9.28. The van der Waals surface area contributed by atoms with Crippen LogP contribution in [0.1, 0.15) is 53.4 Å². The van der Waals surface area contributed by atoms with Crippen molar-refractivity contribution in [2.24, 2.45) is 5.41 Å². The smallest absolute Gasteiger partial charge is 0.329 e. The Kier molecular flexibility index (Phi) is 8.89. The van der Waals surface area contributed by atoms with Crippen LogP contribution >= 0.6 is 7.60 Å². The highest BCUT2D eigenvalue weighted by atomic mass is 31.2. The van der Waals surface area contributed by atoms with Gasteiger partial charge in [-0.2, -0.15) is 0 Å². The van der Waals surface area contributed by atoms with Crippen LogP contribution in [0.4, 0.5) is 0 Å². The largest absolute Gasteiger partial charge is 0.466 e. The predicted molar refractivity (Wildman–Crippen MR) is 81.3 cm³/mol. The molecule has 8 heteroatoms. The molecule has 0 aromatic carbocycles. The molecule has 0 saturated heterocycles. The van der Waals surface area contributed by atoms with Gasteiger partial charge >= 0.3 is 19.5 Å². The van der Waals surface area contributed by atoms with Gasteiger partial charge in [0.15, 0.2) is 0 Å². The van der Waals surface area contributed by atoms with Crippen molar-refractivity contribution >= 4 is 19.5 Å². The van der Waals surface area contributed by atoms with E-state index in [9.17, 15) is 23.9 Å². The summed E-state index contributed by atoms with van der Waals surface area (Å²) in [4.78, 5) is 43.2. The molecule has 0 radical (unpaired) electrons. The minimum absolute atomic E-state index is 0.121. The lowest BCUT2D eigenvalue weighted by Gasteiger charge is -2.37. The zero-order valence-corrected chi connectivity index (χ0v) is 14.6. The summed E-state index contributed by atoms with van der Waals surface area (Å²) >= 11 is 0. The van der Waals surface area contributed by atoms with Gasteiger partial charge < -0.3 is 19.3 Å². The lowest BCUT2D eigenvalue weighted by atomic mass is 9.77. The molecule has 1 unspecified atom stereocenters. The molecule has 0 spiro atoms. The van der Waals surface area contributed by atoms with Crippen molar-refractivity contribution in [2.75, 3.05) is 13.2 Å². The first kappa shape index (κ1) is 21.1. The second-order valence-electron chi connectivity index (χ2n) is 5.03. The standard InChI is InChI=1S/C14H27O7P/c1-5-14(6-2,13(16)21-8-4)11(22(17,18)19)9-10-12(15)20-7-3/h11H,5-10H2,1-4H3,(H2,17,18,19). The number of carbonyl (C=O) groups is 2. The summed E-state index contributed by atoms with van der Waals surface area (Å²) in [5, 5.41) is 0. The van der Waals surface area contributed by atoms with Gasteiger partial charge in [-0.3, -0.25) is 14.2 Å². The summed E-state index contributed by atoms with van der Waals surface area (Å²) in [5.41, 5.74) is -2.57. The summed E-state index contributed by atoms with van der Waals surface area (Å²) in [6, 6.07) is 0. The quantitative estimate of drug-likeness (QED) is 0.464. The van der Waals surface area contributed by atoms with E-state index in [1.54, 1.807) is 27.7 Å². The predicted octanol–water partition coefficient (Wildman–Crippen LogP) is 2.25. The fourth-order valence-electron chi connectivity index (χ4n) is 2.67. The Morgan fingerprint density at radius 1 is 1.05 bits per heavy atom. The summed E-state index contributed by atoms with van der Waals surface area (Å²) in [5.74, 6) is -1.16. The number of hydrogen-bond donors (Lipinski definition) is 2. The summed E-state index contributed by atoms with van der Waals surface area (Å²) < 4.78 is 21.7. The van der Waals surface area contributed by atoms with E-state index in [1.165, 1.54) is 0 Å². The van der Waals surface area contributed by atoms with Crippen LogP contribution in [0, 0.1) is 5.41 Å². The van der Waals surface area contributed by atoms with Crippen molar-refractivity contribution < 1.29 is 33.4 Å². The minimum Gasteiger partial charge on any atom is -0.466 e. The molecule has 0 aliphatic rings. The average molecular weight is 338 g/mol.